The van der Waals surface area contributed by atoms with Gasteiger partial charge in [-0.25, -0.2) is 0 Å². The predicted octanol–water partition coefficient (Wildman–Crippen LogP) is 0.569. The first-order valence-corrected chi connectivity index (χ1v) is 4.06. The molecule has 1 aliphatic heterocycles. The molecule has 0 saturated heterocycles. The highest BCUT2D eigenvalue weighted by Gasteiger charge is 2.29. The van der Waals surface area contributed by atoms with E-state index in [1.165, 1.54) is 6.07 Å². The number of ether oxygens (including phenoxy) is 1. The van der Waals surface area contributed by atoms with E-state index in [0.717, 1.165) is 0 Å². The minimum Gasteiger partial charge on any atom is -0.485 e. The van der Waals surface area contributed by atoms with Gasteiger partial charge in [0.05, 0.1) is 11.0 Å². The van der Waals surface area contributed by atoms with Crippen molar-refractivity contribution < 1.29 is 9.66 Å². The largest absolute Gasteiger partial charge is 0.485 e. The number of benzene rings is 1. The lowest BCUT2D eigenvalue weighted by Crippen LogP contribution is -2.10. The van der Waals surface area contributed by atoms with Crippen molar-refractivity contribution in [3.05, 3.63) is 27.8 Å². The minimum atomic E-state index is -0.521. The third kappa shape index (κ3) is 1.16. The predicted molar refractivity (Wildman–Crippen MR) is 49.9 cm³/mol. The molecule has 6 heteroatoms. The lowest BCUT2D eigenvalue weighted by Gasteiger charge is -2.02. The number of nitro benzene ring substituents is 1. The van der Waals surface area contributed by atoms with Crippen LogP contribution in [-0.2, 0) is 0 Å². The van der Waals surface area contributed by atoms with Gasteiger partial charge in [-0.15, -0.1) is 0 Å². The van der Waals surface area contributed by atoms with Crippen LogP contribution in [0.25, 0.3) is 0 Å². The first kappa shape index (κ1) is 8.76. The van der Waals surface area contributed by atoms with Gasteiger partial charge in [-0.3, -0.25) is 10.1 Å². The van der Waals surface area contributed by atoms with Crippen LogP contribution in [0.5, 0.6) is 5.75 Å². The molecular formula is C8H9N3O3. The zero-order valence-electron chi connectivity index (χ0n) is 7.27. The summed E-state index contributed by atoms with van der Waals surface area (Å²) in [5, 5.41) is 10.6. The van der Waals surface area contributed by atoms with Crippen molar-refractivity contribution in [1.82, 2.24) is 0 Å². The summed E-state index contributed by atoms with van der Waals surface area (Å²) in [6.45, 7) is 0.264. The Morgan fingerprint density at radius 3 is 2.93 bits per heavy atom. The maximum absolute atomic E-state index is 10.6. The fraction of sp³-hybridized carbons (Fsp3) is 0.250. The van der Waals surface area contributed by atoms with Crippen molar-refractivity contribution in [2.24, 2.45) is 5.73 Å². The SMILES string of the molecule is Nc1cc2c(c([N+](=O)[O-])c1)OC[C@@H]2N. The van der Waals surface area contributed by atoms with Crippen LogP contribution in [0.1, 0.15) is 11.6 Å². The molecule has 14 heavy (non-hydrogen) atoms. The van der Waals surface area contributed by atoms with E-state index in [1.807, 2.05) is 0 Å². The van der Waals surface area contributed by atoms with Gasteiger partial charge in [0.1, 0.15) is 6.61 Å². The van der Waals surface area contributed by atoms with Crippen molar-refractivity contribution in [3.63, 3.8) is 0 Å². The van der Waals surface area contributed by atoms with Gasteiger partial charge in [-0.2, -0.15) is 0 Å². The summed E-state index contributed by atoms with van der Waals surface area (Å²) in [6.07, 6.45) is 0. The summed E-state index contributed by atoms with van der Waals surface area (Å²) >= 11 is 0. The number of nitrogens with two attached hydrogens (primary N) is 2. The molecule has 1 atom stereocenters. The van der Waals surface area contributed by atoms with Crippen LogP contribution in [0.3, 0.4) is 0 Å². The Kier molecular flexibility index (Phi) is 1.78. The molecule has 0 unspecified atom stereocenters. The van der Waals surface area contributed by atoms with Crippen LogP contribution >= 0.6 is 0 Å². The molecule has 0 saturated carbocycles. The third-order valence-corrected chi connectivity index (χ3v) is 2.12. The van der Waals surface area contributed by atoms with Gasteiger partial charge in [0, 0.05) is 17.3 Å². The molecule has 0 aliphatic carbocycles. The monoisotopic (exact) mass is 195 g/mol. The summed E-state index contributed by atoms with van der Waals surface area (Å²) in [7, 11) is 0. The van der Waals surface area contributed by atoms with Gasteiger partial charge in [0.25, 0.3) is 0 Å². The fourth-order valence-corrected chi connectivity index (χ4v) is 1.49. The molecule has 4 N–H and O–H groups in total. The first-order chi connectivity index (χ1) is 6.59. The molecule has 0 spiro atoms. The van der Waals surface area contributed by atoms with Crippen molar-refractivity contribution in [1.29, 1.82) is 0 Å². The molecule has 1 aromatic rings. The molecule has 0 bridgehead atoms. The zero-order valence-corrected chi connectivity index (χ0v) is 7.27. The van der Waals surface area contributed by atoms with Gasteiger partial charge in [0.15, 0.2) is 0 Å². The van der Waals surface area contributed by atoms with Crippen LogP contribution in [0, 0.1) is 10.1 Å². The molecular weight excluding hydrogens is 186 g/mol. The smallest absolute Gasteiger partial charge is 0.313 e. The second-order valence-corrected chi connectivity index (χ2v) is 3.13. The van der Waals surface area contributed by atoms with Crippen molar-refractivity contribution in [3.8, 4) is 5.75 Å². The lowest BCUT2D eigenvalue weighted by atomic mass is 10.1. The number of nitrogen functional groups attached to an aromatic ring is 1. The molecule has 0 radical (unpaired) electrons. The molecule has 1 aliphatic rings. The van der Waals surface area contributed by atoms with Gasteiger partial charge in [-0.05, 0) is 6.07 Å². The van der Waals surface area contributed by atoms with E-state index >= 15 is 0 Å². The second-order valence-electron chi connectivity index (χ2n) is 3.13. The van der Waals surface area contributed by atoms with Crippen LogP contribution in [0.15, 0.2) is 12.1 Å². The standard InChI is InChI=1S/C8H9N3O3/c9-4-1-5-6(10)3-14-8(5)7(2-4)11(12)13/h1-2,6H,3,9-10H2/t6-/m0/s1. The minimum absolute atomic E-state index is 0.118. The van der Waals surface area contributed by atoms with E-state index in [2.05, 4.69) is 0 Å². The first-order valence-electron chi connectivity index (χ1n) is 4.06. The molecule has 1 aromatic carbocycles. The Labute approximate surface area is 79.6 Å². The van der Waals surface area contributed by atoms with E-state index in [1.54, 1.807) is 6.07 Å². The Bertz CT molecular complexity index is 405. The third-order valence-electron chi connectivity index (χ3n) is 2.12. The summed E-state index contributed by atoms with van der Waals surface area (Å²) in [5.74, 6) is 0.247. The molecule has 6 nitrogen and oxygen atoms in total. The lowest BCUT2D eigenvalue weighted by molar-refractivity contribution is -0.385. The topological polar surface area (TPSA) is 104 Å². The number of anilines is 1. The molecule has 0 aromatic heterocycles. The molecule has 74 valence electrons. The van der Waals surface area contributed by atoms with Gasteiger partial charge in [0.2, 0.25) is 5.75 Å². The average molecular weight is 195 g/mol. The summed E-state index contributed by atoms with van der Waals surface area (Å²) in [4.78, 5) is 10.1. The molecule has 0 fully saturated rings. The van der Waals surface area contributed by atoms with Crippen LogP contribution in [-0.4, -0.2) is 11.5 Å². The highest BCUT2D eigenvalue weighted by molar-refractivity contribution is 5.63. The van der Waals surface area contributed by atoms with E-state index in [4.69, 9.17) is 16.2 Å². The maximum Gasteiger partial charge on any atom is 0.313 e. The van der Waals surface area contributed by atoms with E-state index in [9.17, 15) is 10.1 Å². The Morgan fingerprint density at radius 2 is 2.29 bits per heavy atom. The van der Waals surface area contributed by atoms with Crippen LogP contribution < -0.4 is 16.2 Å². The summed E-state index contributed by atoms with van der Waals surface area (Å²) in [6, 6.07) is 2.56. The Morgan fingerprint density at radius 1 is 1.57 bits per heavy atom. The van der Waals surface area contributed by atoms with Crippen molar-refractivity contribution in [2.75, 3.05) is 12.3 Å². The zero-order chi connectivity index (χ0) is 10.3. The van der Waals surface area contributed by atoms with E-state index < -0.39 is 4.92 Å². The average Bonchev–Trinajstić information content (AvgIpc) is 2.47. The summed E-state index contributed by atoms with van der Waals surface area (Å²) < 4.78 is 5.14. The van der Waals surface area contributed by atoms with Crippen LogP contribution in [0.2, 0.25) is 0 Å². The molecule has 0 amide bonds. The second kappa shape index (κ2) is 2.85. The maximum atomic E-state index is 10.6. The van der Waals surface area contributed by atoms with Gasteiger partial charge < -0.3 is 16.2 Å². The number of nitrogens with zero attached hydrogens (tertiary/aromatic N) is 1. The number of rotatable bonds is 1. The fourth-order valence-electron chi connectivity index (χ4n) is 1.49. The highest BCUT2D eigenvalue weighted by Crippen LogP contribution is 2.40. The van der Waals surface area contributed by atoms with Gasteiger partial charge in [-0.1, -0.05) is 0 Å². The van der Waals surface area contributed by atoms with E-state index in [0.29, 0.717) is 11.3 Å². The number of hydrogen-bond donors (Lipinski definition) is 2. The van der Waals surface area contributed by atoms with Gasteiger partial charge >= 0.3 is 5.69 Å². The number of hydrogen-bond acceptors (Lipinski definition) is 5. The van der Waals surface area contributed by atoms with Crippen molar-refractivity contribution >= 4 is 11.4 Å². The Hall–Kier alpha value is -1.82. The number of fused-ring (bicyclic) bond motifs is 1. The normalized spacial score (nSPS) is 18.8. The highest BCUT2D eigenvalue weighted by atomic mass is 16.6. The quantitative estimate of drug-likeness (QED) is 0.387. The number of nitro groups is 1. The van der Waals surface area contributed by atoms with Crippen molar-refractivity contribution in [2.45, 2.75) is 6.04 Å². The molecule has 2 rings (SSSR count). The molecule has 1 heterocycles. The van der Waals surface area contributed by atoms with E-state index in [-0.39, 0.29) is 24.1 Å². The Balaban J connectivity index is 2.63. The van der Waals surface area contributed by atoms with Crippen LogP contribution in [0.4, 0.5) is 11.4 Å². The summed E-state index contributed by atoms with van der Waals surface area (Å²) in [5.41, 5.74) is 12.0.